The molecule has 0 radical (unpaired) electrons. The number of nitrogens with one attached hydrogen (secondary N) is 2. The quantitative estimate of drug-likeness (QED) is 0.791. The lowest BCUT2D eigenvalue weighted by atomic mass is 9.98. The first-order valence-electron chi connectivity index (χ1n) is 9.96. The lowest BCUT2D eigenvalue weighted by molar-refractivity contribution is 0.190. The summed E-state index contributed by atoms with van der Waals surface area (Å²) in [6.45, 7) is 9.37. The van der Waals surface area contributed by atoms with Crippen LogP contribution in [-0.2, 0) is 6.54 Å². The third kappa shape index (κ3) is 5.33. The standard InChI is InChI=1S/C23H31N3O/c1-17(2)21-11-7-8-18(3)22(21)25-23(27)24-20-12-14-26(15-13-20)16-19-9-5-4-6-10-19/h4-11,17,20H,12-16H2,1-3H3,(H2,24,25,27). The van der Waals surface area contributed by atoms with Crippen LogP contribution in [-0.4, -0.2) is 30.1 Å². The zero-order valence-electron chi connectivity index (χ0n) is 16.7. The number of piperidine rings is 1. The summed E-state index contributed by atoms with van der Waals surface area (Å²) in [5, 5.41) is 6.26. The monoisotopic (exact) mass is 365 g/mol. The van der Waals surface area contributed by atoms with Gasteiger partial charge in [0.2, 0.25) is 0 Å². The molecular formula is C23H31N3O. The average Bonchev–Trinajstić information content (AvgIpc) is 2.65. The molecule has 4 heteroatoms. The first-order valence-corrected chi connectivity index (χ1v) is 9.96. The summed E-state index contributed by atoms with van der Waals surface area (Å²) in [6, 6.07) is 16.9. The summed E-state index contributed by atoms with van der Waals surface area (Å²) in [4.78, 5) is 15.0. The van der Waals surface area contributed by atoms with Crippen LogP contribution >= 0.6 is 0 Å². The van der Waals surface area contributed by atoms with Crippen molar-refractivity contribution in [3.8, 4) is 0 Å². The van der Waals surface area contributed by atoms with E-state index in [1.807, 2.05) is 13.0 Å². The van der Waals surface area contributed by atoms with Crippen molar-refractivity contribution in [2.45, 2.75) is 52.1 Å². The van der Waals surface area contributed by atoms with Gasteiger partial charge in [0.1, 0.15) is 0 Å². The van der Waals surface area contributed by atoms with Crippen LogP contribution in [0.25, 0.3) is 0 Å². The van der Waals surface area contributed by atoms with E-state index in [1.165, 1.54) is 11.1 Å². The zero-order chi connectivity index (χ0) is 19.2. The van der Waals surface area contributed by atoms with Gasteiger partial charge in [-0.1, -0.05) is 62.4 Å². The molecule has 0 saturated carbocycles. The van der Waals surface area contributed by atoms with Gasteiger partial charge in [-0.2, -0.15) is 0 Å². The molecule has 1 fully saturated rings. The summed E-state index contributed by atoms with van der Waals surface area (Å²) in [7, 11) is 0. The number of nitrogens with zero attached hydrogens (tertiary/aromatic N) is 1. The molecule has 2 amide bonds. The number of urea groups is 1. The molecule has 0 spiro atoms. The fourth-order valence-electron chi connectivity index (χ4n) is 3.75. The highest BCUT2D eigenvalue weighted by molar-refractivity contribution is 5.91. The molecule has 0 atom stereocenters. The SMILES string of the molecule is Cc1cccc(C(C)C)c1NC(=O)NC1CCN(Cc2ccccc2)CC1. The predicted molar refractivity (Wildman–Crippen MR) is 112 cm³/mol. The molecule has 144 valence electrons. The first kappa shape index (κ1) is 19.4. The van der Waals surface area contributed by atoms with Gasteiger partial charge in [0, 0.05) is 31.4 Å². The number of carbonyl (C=O) groups is 1. The van der Waals surface area contributed by atoms with Gasteiger partial charge in [-0.05, 0) is 42.4 Å². The van der Waals surface area contributed by atoms with Gasteiger partial charge < -0.3 is 10.6 Å². The molecule has 0 aliphatic carbocycles. The number of anilines is 1. The highest BCUT2D eigenvalue weighted by atomic mass is 16.2. The maximum Gasteiger partial charge on any atom is 0.319 e. The first-order chi connectivity index (χ1) is 13.0. The van der Waals surface area contributed by atoms with E-state index in [9.17, 15) is 4.79 Å². The lowest BCUT2D eigenvalue weighted by Gasteiger charge is -2.32. The Morgan fingerprint density at radius 1 is 1.07 bits per heavy atom. The number of aryl methyl sites for hydroxylation is 1. The molecule has 27 heavy (non-hydrogen) atoms. The molecule has 2 aromatic carbocycles. The highest BCUT2D eigenvalue weighted by Gasteiger charge is 2.21. The van der Waals surface area contributed by atoms with Crippen molar-refractivity contribution in [1.82, 2.24) is 10.2 Å². The van der Waals surface area contributed by atoms with Crippen molar-refractivity contribution in [1.29, 1.82) is 0 Å². The number of likely N-dealkylation sites (tertiary alicyclic amines) is 1. The Morgan fingerprint density at radius 3 is 2.44 bits per heavy atom. The van der Waals surface area contributed by atoms with Gasteiger partial charge in [0.15, 0.2) is 0 Å². The van der Waals surface area contributed by atoms with Crippen LogP contribution < -0.4 is 10.6 Å². The van der Waals surface area contributed by atoms with Crippen molar-refractivity contribution in [2.75, 3.05) is 18.4 Å². The number of hydrogen-bond donors (Lipinski definition) is 2. The molecule has 1 saturated heterocycles. The number of hydrogen-bond acceptors (Lipinski definition) is 2. The van der Waals surface area contributed by atoms with Gasteiger partial charge in [-0.15, -0.1) is 0 Å². The average molecular weight is 366 g/mol. The summed E-state index contributed by atoms with van der Waals surface area (Å²) >= 11 is 0. The van der Waals surface area contributed by atoms with Gasteiger partial charge in [-0.25, -0.2) is 4.79 Å². The molecule has 0 bridgehead atoms. The summed E-state index contributed by atoms with van der Waals surface area (Å²) in [5.41, 5.74) is 4.59. The Balaban J connectivity index is 1.50. The number of amides is 2. The van der Waals surface area contributed by atoms with Crippen molar-refractivity contribution in [3.05, 3.63) is 65.2 Å². The number of rotatable bonds is 5. The van der Waals surface area contributed by atoms with Gasteiger partial charge in [-0.3, -0.25) is 4.90 Å². The summed E-state index contributed by atoms with van der Waals surface area (Å²) in [5.74, 6) is 0.376. The van der Waals surface area contributed by atoms with E-state index < -0.39 is 0 Å². The second-order valence-electron chi connectivity index (χ2n) is 7.83. The van der Waals surface area contributed by atoms with Crippen LogP contribution in [0.4, 0.5) is 10.5 Å². The van der Waals surface area contributed by atoms with Crippen LogP contribution in [0.15, 0.2) is 48.5 Å². The lowest BCUT2D eigenvalue weighted by Crippen LogP contribution is -2.45. The smallest absolute Gasteiger partial charge is 0.319 e. The molecule has 2 aromatic rings. The number of benzene rings is 2. The molecule has 3 rings (SSSR count). The topological polar surface area (TPSA) is 44.4 Å². The summed E-state index contributed by atoms with van der Waals surface area (Å²) in [6.07, 6.45) is 1.98. The molecule has 0 aromatic heterocycles. The van der Waals surface area contributed by atoms with Crippen molar-refractivity contribution >= 4 is 11.7 Å². The number of para-hydroxylation sites is 1. The van der Waals surface area contributed by atoms with E-state index in [0.29, 0.717) is 5.92 Å². The second kappa shape index (κ2) is 9.05. The fraction of sp³-hybridized carbons (Fsp3) is 0.435. The van der Waals surface area contributed by atoms with Crippen LogP contribution in [0.2, 0.25) is 0 Å². The van der Waals surface area contributed by atoms with E-state index >= 15 is 0 Å². The van der Waals surface area contributed by atoms with Crippen molar-refractivity contribution in [3.63, 3.8) is 0 Å². The van der Waals surface area contributed by atoms with Gasteiger partial charge in [0.25, 0.3) is 0 Å². The minimum absolute atomic E-state index is 0.0901. The van der Waals surface area contributed by atoms with E-state index in [0.717, 1.165) is 43.7 Å². The Kier molecular flexibility index (Phi) is 6.51. The van der Waals surface area contributed by atoms with Crippen molar-refractivity contribution in [2.24, 2.45) is 0 Å². The number of carbonyl (C=O) groups excluding carboxylic acids is 1. The van der Waals surface area contributed by atoms with E-state index in [1.54, 1.807) is 0 Å². The van der Waals surface area contributed by atoms with Crippen LogP contribution in [0.3, 0.4) is 0 Å². The molecule has 4 nitrogen and oxygen atoms in total. The molecule has 2 N–H and O–H groups in total. The molecular weight excluding hydrogens is 334 g/mol. The fourth-order valence-corrected chi connectivity index (χ4v) is 3.75. The third-order valence-electron chi connectivity index (χ3n) is 5.34. The highest BCUT2D eigenvalue weighted by Crippen LogP contribution is 2.27. The largest absolute Gasteiger partial charge is 0.335 e. The van der Waals surface area contributed by atoms with Gasteiger partial charge in [0.05, 0.1) is 0 Å². The van der Waals surface area contributed by atoms with Gasteiger partial charge >= 0.3 is 6.03 Å². The second-order valence-corrected chi connectivity index (χ2v) is 7.83. The minimum Gasteiger partial charge on any atom is -0.335 e. The van der Waals surface area contributed by atoms with Crippen LogP contribution in [0.5, 0.6) is 0 Å². The Labute approximate surface area is 163 Å². The molecule has 0 unspecified atom stereocenters. The molecule has 1 aliphatic rings. The third-order valence-corrected chi connectivity index (χ3v) is 5.34. The minimum atomic E-state index is -0.0901. The molecule has 1 aliphatic heterocycles. The Hall–Kier alpha value is -2.33. The Bertz CT molecular complexity index is 749. The van der Waals surface area contributed by atoms with E-state index in [4.69, 9.17) is 0 Å². The summed E-state index contributed by atoms with van der Waals surface area (Å²) < 4.78 is 0. The predicted octanol–water partition coefficient (Wildman–Crippen LogP) is 4.90. The van der Waals surface area contributed by atoms with E-state index in [-0.39, 0.29) is 12.1 Å². The van der Waals surface area contributed by atoms with E-state index in [2.05, 4.69) is 71.8 Å². The molecule has 1 heterocycles. The van der Waals surface area contributed by atoms with Crippen LogP contribution in [0, 0.1) is 6.92 Å². The van der Waals surface area contributed by atoms with Crippen LogP contribution in [0.1, 0.15) is 49.3 Å². The maximum absolute atomic E-state index is 12.5. The zero-order valence-corrected chi connectivity index (χ0v) is 16.7. The van der Waals surface area contributed by atoms with Crippen molar-refractivity contribution < 1.29 is 4.79 Å². The maximum atomic E-state index is 12.5. The Morgan fingerprint density at radius 2 is 1.78 bits per heavy atom. The normalized spacial score (nSPS) is 15.7.